The fourth-order valence-electron chi connectivity index (χ4n) is 2.65. The van der Waals surface area contributed by atoms with Crippen LogP contribution in [0.3, 0.4) is 0 Å². The highest BCUT2D eigenvalue weighted by Crippen LogP contribution is 2.25. The van der Waals surface area contributed by atoms with Crippen molar-refractivity contribution in [2.45, 2.75) is 32.4 Å². The van der Waals surface area contributed by atoms with Crippen molar-refractivity contribution < 1.29 is 9.50 Å². The van der Waals surface area contributed by atoms with Gasteiger partial charge in [-0.2, -0.15) is 0 Å². The summed E-state index contributed by atoms with van der Waals surface area (Å²) in [6.45, 7) is 6.47. The first-order valence-corrected chi connectivity index (χ1v) is 6.95. The second-order valence-corrected chi connectivity index (χ2v) is 5.38. The van der Waals surface area contributed by atoms with Crippen LogP contribution in [-0.2, 0) is 0 Å². The minimum atomic E-state index is -0.626. The van der Waals surface area contributed by atoms with E-state index in [1.54, 1.807) is 13.0 Å². The molecule has 1 aromatic rings. The smallest absolute Gasteiger partial charge is 0.146 e. The van der Waals surface area contributed by atoms with E-state index in [-0.39, 0.29) is 5.82 Å². The lowest BCUT2D eigenvalue weighted by atomic mass is 10.1. The van der Waals surface area contributed by atoms with Gasteiger partial charge in [0.25, 0.3) is 0 Å². The molecule has 4 heteroatoms. The lowest BCUT2D eigenvalue weighted by molar-refractivity contribution is 0.198. The Morgan fingerprint density at radius 1 is 1.42 bits per heavy atom. The molecule has 2 rings (SSSR count). The topological polar surface area (TPSA) is 26.7 Å². The van der Waals surface area contributed by atoms with Crippen LogP contribution in [0, 0.1) is 5.82 Å². The van der Waals surface area contributed by atoms with Crippen molar-refractivity contribution in [1.29, 1.82) is 0 Å². The monoisotopic (exact) mass is 266 g/mol. The van der Waals surface area contributed by atoms with Gasteiger partial charge in [0.05, 0.1) is 11.8 Å². The molecule has 1 heterocycles. The molecule has 0 radical (unpaired) electrons. The second kappa shape index (κ2) is 5.88. The third kappa shape index (κ3) is 3.07. The van der Waals surface area contributed by atoms with Gasteiger partial charge in [-0.1, -0.05) is 13.0 Å². The molecule has 1 unspecified atom stereocenters. The van der Waals surface area contributed by atoms with Crippen LogP contribution in [0.1, 0.15) is 31.9 Å². The molecule has 106 valence electrons. The van der Waals surface area contributed by atoms with E-state index < -0.39 is 6.10 Å². The molecule has 3 nitrogen and oxygen atoms in total. The molecule has 19 heavy (non-hydrogen) atoms. The van der Waals surface area contributed by atoms with E-state index in [0.29, 0.717) is 17.3 Å². The van der Waals surface area contributed by atoms with Gasteiger partial charge in [-0.05, 0) is 38.1 Å². The van der Waals surface area contributed by atoms with Crippen LogP contribution in [0.25, 0.3) is 0 Å². The number of benzene rings is 1. The summed E-state index contributed by atoms with van der Waals surface area (Å²) in [6, 6.07) is 5.52. The minimum absolute atomic E-state index is 0.238. The standard InChI is InChI=1S/C15H23FN2O/c1-4-13-10-18(8-7-17(13)3)15-6-5-12(11(2)19)9-14(15)16/h5-6,9,11,13,19H,4,7-8,10H2,1-3H3/t11-,13?/m0/s1. The van der Waals surface area contributed by atoms with Crippen LogP contribution in [-0.4, -0.2) is 42.7 Å². The average Bonchev–Trinajstić information content (AvgIpc) is 2.39. The van der Waals surface area contributed by atoms with Gasteiger partial charge in [-0.3, -0.25) is 4.90 Å². The number of nitrogens with zero attached hydrogens (tertiary/aromatic N) is 2. The highest BCUT2D eigenvalue weighted by atomic mass is 19.1. The van der Waals surface area contributed by atoms with E-state index in [2.05, 4.69) is 23.8 Å². The van der Waals surface area contributed by atoms with Crippen LogP contribution < -0.4 is 4.90 Å². The second-order valence-electron chi connectivity index (χ2n) is 5.38. The Labute approximate surface area is 114 Å². The SMILES string of the molecule is CCC1CN(c2ccc([C@H](C)O)cc2F)CCN1C. The molecule has 0 amide bonds. The molecule has 1 fully saturated rings. The molecule has 1 aliphatic rings. The summed E-state index contributed by atoms with van der Waals surface area (Å²) >= 11 is 0. The summed E-state index contributed by atoms with van der Waals surface area (Å²) in [6.07, 6.45) is 0.444. The summed E-state index contributed by atoms with van der Waals surface area (Å²) in [7, 11) is 2.12. The number of rotatable bonds is 3. The maximum absolute atomic E-state index is 14.2. The zero-order valence-electron chi connectivity index (χ0n) is 11.9. The van der Waals surface area contributed by atoms with Gasteiger partial charge in [0.1, 0.15) is 5.82 Å². The van der Waals surface area contributed by atoms with Crippen molar-refractivity contribution in [2.75, 3.05) is 31.6 Å². The van der Waals surface area contributed by atoms with Crippen molar-refractivity contribution in [3.05, 3.63) is 29.6 Å². The summed E-state index contributed by atoms with van der Waals surface area (Å²) < 4.78 is 14.2. The van der Waals surface area contributed by atoms with E-state index in [1.165, 1.54) is 6.07 Å². The quantitative estimate of drug-likeness (QED) is 0.910. The molecular weight excluding hydrogens is 243 g/mol. The van der Waals surface area contributed by atoms with E-state index in [0.717, 1.165) is 26.1 Å². The molecule has 0 aliphatic carbocycles. The van der Waals surface area contributed by atoms with Crippen molar-refractivity contribution in [3.8, 4) is 0 Å². The van der Waals surface area contributed by atoms with Crippen LogP contribution in [0.15, 0.2) is 18.2 Å². The summed E-state index contributed by atoms with van der Waals surface area (Å²) in [4.78, 5) is 4.44. The van der Waals surface area contributed by atoms with Crippen LogP contribution in [0.5, 0.6) is 0 Å². The van der Waals surface area contributed by atoms with Crippen molar-refractivity contribution >= 4 is 5.69 Å². The number of anilines is 1. The van der Waals surface area contributed by atoms with Crippen molar-refractivity contribution in [2.24, 2.45) is 0 Å². The molecular formula is C15H23FN2O. The highest BCUT2D eigenvalue weighted by molar-refractivity contribution is 5.50. The molecule has 1 aliphatic heterocycles. The average molecular weight is 266 g/mol. The first-order valence-electron chi connectivity index (χ1n) is 6.95. The fraction of sp³-hybridized carbons (Fsp3) is 0.600. The first kappa shape index (κ1) is 14.3. The van der Waals surface area contributed by atoms with Crippen molar-refractivity contribution in [3.63, 3.8) is 0 Å². The number of likely N-dealkylation sites (N-methyl/N-ethyl adjacent to an activating group) is 1. The van der Waals surface area contributed by atoms with Crippen molar-refractivity contribution in [1.82, 2.24) is 4.90 Å². The van der Waals surface area contributed by atoms with E-state index in [9.17, 15) is 9.50 Å². The zero-order valence-corrected chi connectivity index (χ0v) is 11.9. The van der Waals surface area contributed by atoms with Gasteiger partial charge < -0.3 is 10.0 Å². The first-order chi connectivity index (χ1) is 9.02. The summed E-state index contributed by atoms with van der Waals surface area (Å²) in [5.41, 5.74) is 1.28. The van der Waals surface area contributed by atoms with Gasteiger partial charge in [0.15, 0.2) is 0 Å². The van der Waals surface area contributed by atoms with E-state index in [4.69, 9.17) is 0 Å². The molecule has 0 bridgehead atoms. The molecule has 1 aromatic carbocycles. The van der Waals surface area contributed by atoms with Gasteiger partial charge >= 0.3 is 0 Å². The Bertz CT molecular complexity index is 436. The number of halogens is 1. The molecule has 0 spiro atoms. The fourth-order valence-corrected chi connectivity index (χ4v) is 2.65. The number of aliphatic hydroxyl groups excluding tert-OH is 1. The number of hydrogen-bond donors (Lipinski definition) is 1. The molecule has 0 saturated carbocycles. The molecule has 0 aromatic heterocycles. The molecule has 1 N–H and O–H groups in total. The Balaban J connectivity index is 2.18. The molecule has 2 atom stereocenters. The normalized spacial score (nSPS) is 22.6. The zero-order chi connectivity index (χ0) is 14.0. The predicted molar refractivity (Wildman–Crippen MR) is 76.0 cm³/mol. The Morgan fingerprint density at radius 3 is 2.74 bits per heavy atom. The third-order valence-electron chi connectivity index (χ3n) is 4.04. The Kier molecular flexibility index (Phi) is 4.42. The van der Waals surface area contributed by atoms with Crippen LogP contribution in [0.2, 0.25) is 0 Å². The van der Waals surface area contributed by atoms with Crippen LogP contribution >= 0.6 is 0 Å². The number of piperazine rings is 1. The lowest BCUT2D eigenvalue weighted by Gasteiger charge is -2.40. The maximum atomic E-state index is 14.2. The maximum Gasteiger partial charge on any atom is 0.146 e. The van der Waals surface area contributed by atoms with Gasteiger partial charge in [-0.15, -0.1) is 0 Å². The number of aliphatic hydroxyl groups is 1. The Hall–Kier alpha value is -1.13. The van der Waals surface area contributed by atoms with E-state index >= 15 is 0 Å². The highest BCUT2D eigenvalue weighted by Gasteiger charge is 2.24. The largest absolute Gasteiger partial charge is 0.389 e. The Morgan fingerprint density at radius 2 is 2.16 bits per heavy atom. The van der Waals surface area contributed by atoms with Gasteiger partial charge in [0, 0.05) is 25.7 Å². The van der Waals surface area contributed by atoms with E-state index in [1.807, 2.05) is 6.07 Å². The van der Waals surface area contributed by atoms with Gasteiger partial charge in [-0.25, -0.2) is 4.39 Å². The minimum Gasteiger partial charge on any atom is -0.389 e. The lowest BCUT2D eigenvalue weighted by Crippen LogP contribution is -2.51. The number of hydrogen-bond acceptors (Lipinski definition) is 3. The summed E-state index contributed by atoms with van der Waals surface area (Å²) in [5, 5.41) is 9.48. The third-order valence-corrected chi connectivity index (χ3v) is 4.04. The molecule has 1 saturated heterocycles. The predicted octanol–water partition coefficient (Wildman–Crippen LogP) is 2.41. The summed E-state index contributed by atoms with van der Waals surface area (Å²) in [5.74, 6) is -0.238. The van der Waals surface area contributed by atoms with Crippen LogP contribution in [0.4, 0.5) is 10.1 Å². The van der Waals surface area contributed by atoms with Gasteiger partial charge in [0.2, 0.25) is 0 Å².